The Hall–Kier alpha value is -1.34. The zero-order valence-corrected chi connectivity index (χ0v) is 15.5. The predicted molar refractivity (Wildman–Crippen MR) is 97.4 cm³/mol. The van der Waals surface area contributed by atoms with E-state index in [9.17, 15) is 0 Å². The van der Waals surface area contributed by atoms with Crippen molar-refractivity contribution in [3.63, 3.8) is 0 Å². The quantitative estimate of drug-likeness (QED) is 0.635. The summed E-state index contributed by atoms with van der Waals surface area (Å²) in [6.07, 6.45) is 3.57. The maximum absolute atomic E-state index is 5.42. The van der Waals surface area contributed by atoms with Gasteiger partial charge in [0.15, 0.2) is 11.1 Å². The van der Waals surface area contributed by atoms with E-state index in [4.69, 9.17) is 4.74 Å². The molecule has 0 aromatic carbocycles. The largest absolute Gasteiger partial charge is 0.381 e. The van der Waals surface area contributed by atoms with Gasteiger partial charge in [-0.2, -0.15) is 0 Å². The lowest BCUT2D eigenvalue weighted by Crippen LogP contribution is -2.39. The van der Waals surface area contributed by atoms with Gasteiger partial charge in [-0.25, -0.2) is 4.98 Å². The van der Waals surface area contributed by atoms with Crippen LogP contribution in [0.5, 0.6) is 0 Å². The number of rotatable bonds is 6. The molecular formula is C16H29N5OS. The zero-order chi connectivity index (χ0) is 16.7. The molecule has 2 heterocycles. The Morgan fingerprint density at radius 2 is 2.13 bits per heavy atom. The molecule has 6 nitrogen and oxygen atoms in total. The standard InChI is InChI=1S/C16H29N5OS/c1-17-15(18-11-14-12-23-16(19-14)20(2)3)21(4)8-5-13-6-9-22-10-7-13/h12-13H,5-11H2,1-4H3,(H,17,18). The Kier molecular flexibility index (Phi) is 7.11. The molecule has 1 aliphatic rings. The van der Waals surface area contributed by atoms with Crippen molar-refractivity contribution in [1.82, 2.24) is 15.2 Å². The van der Waals surface area contributed by atoms with Crippen molar-refractivity contribution >= 4 is 22.4 Å². The predicted octanol–water partition coefficient (Wildman–Crippen LogP) is 2.03. The van der Waals surface area contributed by atoms with Crippen LogP contribution in [0.25, 0.3) is 0 Å². The lowest BCUT2D eigenvalue weighted by Gasteiger charge is -2.26. The fourth-order valence-electron chi connectivity index (χ4n) is 2.65. The van der Waals surface area contributed by atoms with Gasteiger partial charge in [0.1, 0.15) is 0 Å². The highest BCUT2D eigenvalue weighted by atomic mass is 32.1. The van der Waals surface area contributed by atoms with E-state index in [2.05, 4.69) is 32.6 Å². The minimum Gasteiger partial charge on any atom is -0.381 e. The van der Waals surface area contributed by atoms with Crippen molar-refractivity contribution in [2.24, 2.45) is 10.9 Å². The number of guanidine groups is 1. The van der Waals surface area contributed by atoms with Crippen molar-refractivity contribution in [2.45, 2.75) is 25.8 Å². The van der Waals surface area contributed by atoms with Crippen molar-refractivity contribution < 1.29 is 4.74 Å². The number of aromatic nitrogens is 1. The molecule has 0 saturated carbocycles. The van der Waals surface area contributed by atoms with Crippen LogP contribution in [0.2, 0.25) is 0 Å². The Morgan fingerprint density at radius 1 is 1.39 bits per heavy atom. The number of anilines is 1. The molecule has 1 aliphatic heterocycles. The topological polar surface area (TPSA) is 53.0 Å². The molecule has 0 amide bonds. The van der Waals surface area contributed by atoms with E-state index in [1.807, 2.05) is 26.0 Å². The molecule has 0 bridgehead atoms. The fraction of sp³-hybridized carbons (Fsp3) is 0.750. The summed E-state index contributed by atoms with van der Waals surface area (Å²) in [4.78, 5) is 13.2. The van der Waals surface area contributed by atoms with Gasteiger partial charge in [0.2, 0.25) is 0 Å². The zero-order valence-electron chi connectivity index (χ0n) is 14.7. The summed E-state index contributed by atoms with van der Waals surface area (Å²) in [5.41, 5.74) is 1.05. The second-order valence-electron chi connectivity index (χ2n) is 6.18. The average molecular weight is 340 g/mol. The molecule has 1 aromatic rings. The maximum atomic E-state index is 5.42. The van der Waals surface area contributed by atoms with Gasteiger partial charge in [0, 0.05) is 53.3 Å². The first-order chi connectivity index (χ1) is 11.1. The third kappa shape index (κ3) is 5.66. The number of nitrogens with one attached hydrogen (secondary N) is 1. The van der Waals surface area contributed by atoms with Crippen LogP contribution in [0, 0.1) is 5.92 Å². The molecule has 0 unspecified atom stereocenters. The van der Waals surface area contributed by atoms with Gasteiger partial charge >= 0.3 is 0 Å². The summed E-state index contributed by atoms with van der Waals surface area (Å²) in [7, 11) is 7.96. The minimum atomic E-state index is 0.707. The molecule has 1 fully saturated rings. The van der Waals surface area contributed by atoms with Crippen LogP contribution in [-0.2, 0) is 11.3 Å². The van der Waals surface area contributed by atoms with Crippen molar-refractivity contribution in [2.75, 3.05) is 52.8 Å². The lowest BCUT2D eigenvalue weighted by molar-refractivity contribution is 0.0625. The first kappa shape index (κ1) is 18.0. The Labute approximate surface area is 143 Å². The van der Waals surface area contributed by atoms with Crippen molar-refractivity contribution in [3.05, 3.63) is 11.1 Å². The molecule has 0 radical (unpaired) electrons. The van der Waals surface area contributed by atoms with Crippen LogP contribution in [0.3, 0.4) is 0 Å². The van der Waals surface area contributed by atoms with Crippen LogP contribution >= 0.6 is 11.3 Å². The van der Waals surface area contributed by atoms with E-state index < -0.39 is 0 Å². The molecule has 1 N–H and O–H groups in total. The van der Waals surface area contributed by atoms with E-state index in [1.165, 1.54) is 19.3 Å². The van der Waals surface area contributed by atoms with E-state index in [0.717, 1.165) is 42.5 Å². The molecule has 1 aromatic heterocycles. The SMILES string of the molecule is CN=C(NCc1csc(N(C)C)n1)N(C)CCC1CCOCC1. The molecule has 0 spiro atoms. The number of hydrogen-bond acceptors (Lipinski definition) is 5. The summed E-state index contributed by atoms with van der Waals surface area (Å²) in [5, 5.41) is 6.53. The van der Waals surface area contributed by atoms with Gasteiger partial charge in [-0.05, 0) is 25.2 Å². The minimum absolute atomic E-state index is 0.707. The molecule has 2 rings (SSSR count). The summed E-state index contributed by atoms with van der Waals surface area (Å²) in [6, 6.07) is 0. The van der Waals surface area contributed by atoms with Crippen LogP contribution in [-0.4, -0.2) is 63.8 Å². The number of ether oxygens (including phenoxy) is 1. The lowest BCUT2D eigenvalue weighted by atomic mass is 9.96. The fourth-order valence-corrected chi connectivity index (χ4v) is 3.41. The van der Waals surface area contributed by atoms with Gasteiger partial charge in [-0.1, -0.05) is 0 Å². The number of thiazole rings is 1. The first-order valence-corrected chi connectivity index (χ1v) is 9.09. The Bertz CT molecular complexity index is 496. The normalized spacial score (nSPS) is 16.4. The highest BCUT2D eigenvalue weighted by Crippen LogP contribution is 2.19. The van der Waals surface area contributed by atoms with E-state index in [-0.39, 0.29) is 0 Å². The third-order valence-electron chi connectivity index (χ3n) is 4.14. The number of hydrogen-bond donors (Lipinski definition) is 1. The van der Waals surface area contributed by atoms with Gasteiger partial charge in [0.05, 0.1) is 12.2 Å². The van der Waals surface area contributed by atoms with Gasteiger partial charge in [-0.3, -0.25) is 4.99 Å². The summed E-state index contributed by atoms with van der Waals surface area (Å²) >= 11 is 1.66. The monoisotopic (exact) mass is 339 g/mol. The smallest absolute Gasteiger partial charge is 0.193 e. The van der Waals surface area contributed by atoms with Crippen LogP contribution < -0.4 is 10.2 Å². The van der Waals surface area contributed by atoms with Crippen molar-refractivity contribution in [3.8, 4) is 0 Å². The molecule has 1 saturated heterocycles. The van der Waals surface area contributed by atoms with Crippen LogP contribution in [0.4, 0.5) is 5.13 Å². The molecule has 0 aliphatic carbocycles. The van der Waals surface area contributed by atoms with Crippen LogP contribution in [0.1, 0.15) is 25.0 Å². The summed E-state index contributed by atoms with van der Waals surface area (Å²) < 4.78 is 5.42. The van der Waals surface area contributed by atoms with Crippen molar-refractivity contribution in [1.29, 1.82) is 0 Å². The average Bonchev–Trinajstić information content (AvgIpc) is 3.04. The third-order valence-corrected chi connectivity index (χ3v) is 5.19. The molecule has 130 valence electrons. The Balaban J connectivity index is 1.76. The highest BCUT2D eigenvalue weighted by Gasteiger charge is 2.15. The Morgan fingerprint density at radius 3 is 2.74 bits per heavy atom. The van der Waals surface area contributed by atoms with Gasteiger partial charge < -0.3 is 19.9 Å². The highest BCUT2D eigenvalue weighted by molar-refractivity contribution is 7.13. The number of aliphatic imine (C=N–C) groups is 1. The first-order valence-electron chi connectivity index (χ1n) is 8.21. The van der Waals surface area contributed by atoms with Gasteiger partial charge in [-0.15, -0.1) is 11.3 Å². The van der Waals surface area contributed by atoms with Gasteiger partial charge in [0.25, 0.3) is 0 Å². The molecule has 0 atom stereocenters. The van der Waals surface area contributed by atoms with E-state index in [1.54, 1.807) is 11.3 Å². The second kappa shape index (κ2) is 9.08. The van der Waals surface area contributed by atoms with Crippen LogP contribution in [0.15, 0.2) is 10.4 Å². The molecule has 23 heavy (non-hydrogen) atoms. The number of nitrogens with zero attached hydrogens (tertiary/aromatic N) is 4. The summed E-state index contributed by atoms with van der Waals surface area (Å²) in [5.74, 6) is 1.71. The van der Waals surface area contributed by atoms with E-state index >= 15 is 0 Å². The van der Waals surface area contributed by atoms with E-state index in [0.29, 0.717) is 6.54 Å². The maximum Gasteiger partial charge on any atom is 0.193 e. The molecular weight excluding hydrogens is 310 g/mol. The summed E-state index contributed by atoms with van der Waals surface area (Å²) in [6.45, 7) is 3.56. The second-order valence-corrected chi connectivity index (χ2v) is 7.02. The molecule has 7 heteroatoms.